The summed E-state index contributed by atoms with van der Waals surface area (Å²) in [6.45, 7) is 0.223. The van der Waals surface area contributed by atoms with Crippen LogP contribution in [0, 0.1) is 11.6 Å². The first-order valence-corrected chi connectivity index (χ1v) is 11.5. The molecule has 36 heavy (non-hydrogen) atoms. The van der Waals surface area contributed by atoms with E-state index in [9.17, 15) is 13.6 Å². The van der Waals surface area contributed by atoms with E-state index in [-0.39, 0.29) is 18.3 Å². The standard InChI is InChI=1S/C28H20ClF2N3O2/c29-20-6-12-24(13-7-20)36-25-14-10-23(11-15-25)32-28(35)34-17-26(18-4-8-21(30)9-5-18)27(33-34)19-2-1-3-22(31)16-19/h1-16,26H,17H2,(H,32,35). The zero-order valence-electron chi connectivity index (χ0n) is 18.9. The molecule has 0 spiro atoms. The molecule has 0 radical (unpaired) electrons. The maximum absolute atomic E-state index is 13.9. The molecule has 5 rings (SSSR count). The van der Waals surface area contributed by atoms with Crippen molar-refractivity contribution < 1.29 is 18.3 Å². The first-order chi connectivity index (χ1) is 17.4. The van der Waals surface area contributed by atoms with Crippen LogP contribution in [0.5, 0.6) is 11.5 Å². The lowest BCUT2D eigenvalue weighted by molar-refractivity contribution is 0.218. The summed E-state index contributed by atoms with van der Waals surface area (Å²) in [4.78, 5) is 13.0. The van der Waals surface area contributed by atoms with E-state index in [1.807, 2.05) is 0 Å². The zero-order valence-corrected chi connectivity index (χ0v) is 19.6. The molecular formula is C28H20ClF2N3O2. The van der Waals surface area contributed by atoms with Crippen molar-refractivity contribution in [2.24, 2.45) is 5.10 Å². The van der Waals surface area contributed by atoms with Crippen LogP contribution in [0.4, 0.5) is 19.3 Å². The summed E-state index contributed by atoms with van der Waals surface area (Å²) in [5, 5.41) is 9.23. The normalized spacial score (nSPS) is 14.9. The monoisotopic (exact) mass is 503 g/mol. The number of benzene rings is 4. The minimum atomic E-state index is -0.445. The van der Waals surface area contributed by atoms with Crippen LogP contribution in [0.15, 0.2) is 102 Å². The summed E-state index contributed by atoms with van der Waals surface area (Å²) in [5.41, 5.74) is 2.42. The van der Waals surface area contributed by atoms with Gasteiger partial charge in [0, 0.05) is 22.2 Å². The number of amides is 2. The average Bonchev–Trinajstić information content (AvgIpc) is 3.33. The summed E-state index contributed by atoms with van der Waals surface area (Å²) >= 11 is 5.90. The van der Waals surface area contributed by atoms with Gasteiger partial charge in [-0.3, -0.25) is 0 Å². The van der Waals surface area contributed by atoms with E-state index >= 15 is 0 Å². The lowest BCUT2D eigenvalue weighted by Crippen LogP contribution is -2.30. The summed E-state index contributed by atoms with van der Waals surface area (Å²) in [5.74, 6) is 0.128. The zero-order chi connectivity index (χ0) is 25.1. The van der Waals surface area contributed by atoms with Gasteiger partial charge in [0.25, 0.3) is 0 Å². The van der Waals surface area contributed by atoms with Crippen LogP contribution in [0.3, 0.4) is 0 Å². The number of nitrogens with one attached hydrogen (secondary N) is 1. The lowest BCUT2D eigenvalue weighted by Gasteiger charge is -2.16. The van der Waals surface area contributed by atoms with E-state index in [0.29, 0.717) is 33.5 Å². The second kappa shape index (κ2) is 10.2. The van der Waals surface area contributed by atoms with Gasteiger partial charge in [-0.2, -0.15) is 5.10 Å². The maximum Gasteiger partial charge on any atom is 0.342 e. The van der Waals surface area contributed by atoms with Crippen molar-refractivity contribution in [3.05, 3.63) is 125 Å². The average molecular weight is 504 g/mol. The van der Waals surface area contributed by atoms with Crippen molar-refractivity contribution in [3.8, 4) is 11.5 Å². The smallest absolute Gasteiger partial charge is 0.342 e. The molecule has 0 aromatic heterocycles. The van der Waals surface area contributed by atoms with Crippen molar-refractivity contribution in [1.29, 1.82) is 0 Å². The van der Waals surface area contributed by atoms with E-state index in [1.165, 1.54) is 29.3 Å². The third-order valence-electron chi connectivity index (χ3n) is 5.70. The molecule has 0 fully saturated rings. The van der Waals surface area contributed by atoms with Crippen LogP contribution in [0.25, 0.3) is 0 Å². The van der Waals surface area contributed by atoms with Gasteiger partial charge >= 0.3 is 6.03 Å². The first kappa shape index (κ1) is 23.5. The Bertz CT molecular complexity index is 1410. The number of urea groups is 1. The number of hydrogen-bond donors (Lipinski definition) is 1. The number of anilines is 1. The highest BCUT2D eigenvalue weighted by Crippen LogP contribution is 2.30. The third-order valence-corrected chi connectivity index (χ3v) is 5.95. The Labute approximate surface area is 211 Å². The number of halogens is 3. The van der Waals surface area contributed by atoms with Gasteiger partial charge in [0.05, 0.1) is 12.3 Å². The van der Waals surface area contributed by atoms with Gasteiger partial charge in [0.15, 0.2) is 0 Å². The van der Waals surface area contributed by atoms with Crippen LogP contribution < -0.4 is 10.1 Å². The largest absolute Gasteiger partial charge is 0.457 e. The number of hydrazone groups is 1. The summed E-state index contributed by atoms with van der Waals surface area (Å²) in [6.07, 6.45) is 0. The van der Waals surface area contributed by atoms with Crippen LogP contribution in [-0.4, -0.2) is 23.3 Å². The van der Waals surface area contributed by atoms with Gasteiger partial charge in [-0.05, 0) is 78.4 Å². The summed E-state index contributed by atoms with van der Waals surface area (Å²) < 4.78 is 33.2. The molecule has 180 valence electrons. The maximum atomic E-state index is 13.9. The Hall–Kier alpha value is -4.23. The van der Waals surface area contributed by atoms with Crippen LogP contribution >= 0.6 is 11.6 Å². The molecule has 5 nitrogen and oxygen atoms in total. The van der Waals surface area contributed by atoms with Crippen LogP contribution in [-0.2, 0) is 0 Å². The minimum absolute atomic E-state index is 0.223. The minimum Gasteiger partial charge on any atom is -0.457 e. The molecule has 4 aromatic rings. The van der Waals surface area contributed by atoms with Gasteiger partial charge < -0.3 is 10.1 Å². The molecule has 2 amide bonds. The van der Waals surface area contributed by atoms with Gasteiger partial charge in [-0.15, -0.1) is 0 Å². The lowest BCUT2D eigenvalue weighted by atomic mass is 9.90. The molecule has 1 unspecified atom stereocenters. The third kappa shape index (κ3) is 5.37. The Morgan fingerprint density at radius 1 is 0.889 bits per heavy atom. The highest BCUT2D eigenvalue weighted by atomic mass is 35.5. The fraction of sp³-hybridized carbons (Fsp3) is 0.0714. The SMILES string of the molecule is O=C(Nc1ccc(Oc2ccc(Cl)cc2)cc1)N1CC(c2ccc(F)cc2)C(c2cccc(F)c2)=N1. The Kier molecular flexibility index (Phi) is 6.64. The first-order valence-electron chi connectivity index (χ1n) is 11.2. The van der Waals surface area contributed by atoms with Crippen LogP contribution in [0.1, 0.15) is 17.0 Å². The van der Waals surface area contributed by atoms with Crippen molar-refractivity contribution >= 4 is 29.0 Å². The molecular weight excluding hydrogens is 484 g/mol. The number of ether oxygens (including phenoxy) is 1. The quantitative estimate of drug-likeness (QED) is 0.307. The predicted molar refractivity (Wildman–Crippen MR) is 136 cm³/mol. The predicted octanol–water partition coefficient (Wildman–Crippen LogP) is 7.45. The second-order valence-corrected chi connectivity index (χ2v) is 8.63. The molecule has 1 aliphatic heterocycles. The van der Waals surface area contributed by atoms with E-state index < -0.39 is 11.8 Å². The van der Waals surface area contributed by atoms with Gasteiger partial charge in [0.2, 0.25) is 0 Å². The molecule has 4 aromatic carbocycles. The molecule has 0 aliphatic carbocycles. The van der Waals surface area contributed by atoms with Gasteiger partial charge in [0.1, 0.15) is 23.1 Å². The molecule has 0 bridgehead atoms. The molecule has 1 heterocycles. The molecule has 0 saturated carbocycles. The molecule has 0 saturated heterocycles. The number of nitrogens with zero attached hydrogens (tertiary/aromatic N) is 2. The number of hydrogen-bond acceptors (Lipinski definition) is 3. The Morgan fingerprint density at radius 2 is 1.56 bits per heavy atom. The van der Waals surface area contributed by atoms with Crippen molar-refractivity contribution in [2.45, 2.75) is 5.92 Å². The Balaban J connectivity index is 1.32. The topological polar surface area (TPSA) is 53.9 Å². The van der Waals surface area contributed by atoms with E-state index in [4.69, 9.17) is 16.3 Å². The Morgan fingerprint density at radius 3 is 2.22 bits per heavy atom. The number of carbonyl (C=O) groups excluding carboxylic acids is 1. The molecule has 1 N–H and O–H groups in total. The molecule has 1 atom stereocenters. The fourth-order valence-electron chi connectivity index (χ4n) is 3.93. The summed E-state index contributed by atoms with van der Waals surface area (Å²) in [6, 6.07) is 25.5. The highest BCUT2D eigenvalue weighted by Gasteiger charge is 2.32. The molecule has 8 heteroatoms. The van der Waals surface area contributed by atoms with Crippen molar-refractivity contribution in [3.63, 3.8) is 0 Å². The number of rotatable bonds is 5. The van der Waals surface area contributed by atoms with Crippen molar-refractivity contribution in [2.75, 3.05) is 11.9 Å². The van der Waals surface area contributed by atoms with Gasteiger partial charge in [-0.25, -0.2) is 18.6 Å². The summed E-state index contributed by atoms with van der Waals surface area (Å²) in [7, 11) is 0. The van der Waals surface area contributed by atoms with Crippen LogP contribution in [0.2, 0.25) is 5.02 Å². The number of carbonyl (C=O) groups is 1. The van der Waals surface area contributed by atoms with E-state index in [0.717, 1.165) is 5.56 Å². The highest BCUT2D eigenvalue weighted by molar-refractivity contribution is 6.30. The van der Waals surface area contributed by atoms with E-state index in [1.54, 1.807) is 72.8 Å². The van der Waals surface area contributed by atoms with Gasteiger partial charge in [-0.1, -0.05) is 35.9 Å². The van der Waals surface area contributed by atoms with E-state index in [2.05, 4.69) is 10.4 Å². The molecule has 1 aliphatic rings. The van der Waals surface area contributed by atoms with Crippen molar-refractivity contribution in [1.82, 2.24) is 5.01 Å². The second-order valence-electron chi connectivity index (χ2n) is 8.19. The fourth-order valence-corrected chi connectivity index (χ4v) is 4.05.